The van der Waals surface area contributed by atoms with Gasteiger partial charge in [-0.3, -0.25) is 4.79 Å². The first-order chi connectivity index (χ1) is 9.03. The van der Waals surface area contributed by atoms with Crippen molar-refractivity contribution in [2.24, 2.45) is 0 Å². The fourth-order valence-corrected chi connectivity index (χ4v) is 2.91. The maximum Gasteiger partial charge on any atom is 0.251 e. The average Bonchev–Trinajstić information content (AvgIpc) is 2.91. The fraction of sp³-hybridized carbons (Fsp3) is 0.462. The maximum absolute atomic E-state index is 11.9. The van der Waals surface area contributed by atoms with Crippen LogP contribution < -0.4 is 10.6 Å². The lowest BCUT2D eigenvalue weighted by molar-refractivity contribution is 0.0940. The number of nitrogens with one attached hydrogen (secondary N) is 2. The Kier molecular flexibility index (Phi) is 5.98. The summed E-state index contributed by atoms with van der Waals surface area (Å²) in [6.07, 6.45) is 0.925. The van der Waals surface area contributed by atoms with Gasteiger partial charge in [0.2, 0.25) is 0 Å². The van der Waals surface area contributed by atoms with Crippen LogP contribution in [0.3, 0.4) is 0 Å². The Hall–Kier alpha value is -1.11. The number of halogens is 1. The van der Waals surface area contributed by atoms with Gasteiger partial charge in [0.25, 0.3) is 5.91 Å². The highest BCUT2D eigenvalue weighted by Gasteiger charge is 2.18. The molecule has 1 unspecified atom stereocenters. The summed E-state index contributed by atoms with van der Waals surface area (Å²) in [6.45, 7) is 3.30. The molecule has 2 N–H and O–H groups in total. The van der Waals surface area contributed by atoms with E-state index in [-0.39, 0.29) is 35.0 Å². The molecule has 1 aromatic rings. The molecule has 0 radical (unpaired) electrons. The van der Waals surface area contributed by atoms with Crippen molar-refractivity contribution in [2.45, 2.75) is 24.3 Å². The van der Waals surface area contributed by atoms with Crippen LogP contribution in [-0.2, 0) is 9.84 Å². The summed E-state index contributed by atoms with van der Waals surface area (Å²) >= 11 is 0. The summed E-state index contributed by atoms with van der Waals surface area (Å²) in [4.78, 5) is 12.2. The number of sulfone groups is 1. The molecule has 20 heavy (non-hydrogen) atoms. The van der Waals surface area contributed by atoms with Gasteiger partial charge in [0, 0.05) is 18.2 Å². The van der Waals surface area contributed by atoms with E-state index in [0.717, 1.165) is 19.5 Å². The molecule has 1 atom stereocenters. The summed E-state index contributed by atoms with van der Waals surface area (Å²) in [5, 5.41) is 6.09. The lowest BCUT2D eigenvalue weighted by Crippen LogP contribution is -2.36. The van der Waals surface area contributed by atoms with E-state index in [0.29, 0.717) is 5.56 Å². The van der Waals surface area contributed by atoms with Crippen molar-refractivity contribution in [3.05, 3.63) is 29.8 Å². The Morgan fingerprint density at radius 3 is 2.50 bits per heavy atom. The highest BCUT2D eigenvalue weighted by Crippen LogP contribution is 2.12. The van der Waals surface area contributed by atoms with Crippen molar-refractivity contribution in [1.29, 1.82) is 0 Å². The number of rotatable bonds is 4. The zero-order valence-corrected chi connectivity index (χ0v) is 12.9. The highest BCUT2D eigenvalue weighted by molar-refractivity contribution is 7.91. The Morgan fingerprint density at radius 2 is 2.00 bits per heavy atom. The van der Waals surface area contributed by atoms with Crippen LogP contribution in [0.15, 0.2) is 29.2 Å². The molecule has 0 saturated carbocycles. The van der Waals surface area contributed by atoms with E-state index in [9.17, 15) is 13.2 Å². The molecule has 1 heterocycles. The number of hydrogen-bond donors (Lipinski definition) is 2. The SMILES string of the molecule is CCS(=O)(=O)c1ccc(C(=O)NC2CCNC2)cc1.Cl. The van der Waals surface area contributed by atoms with Crippen LogP contribution in [0.2, 0.25) is 0 Å². The van der Waals surface area contributed by atoms with Crippen LogP contribution in [0, 0.1) is 0 Å². The van der Waals surface area contributed by atoms with Gasteiger partial charge in [-0.2, -0.15) is 0 Å². The van der Waals surface area contributed by atoms with E-state index in [1.807, 2.05) is 0 Å². The summed E-state index contributed by atoms with van der Waals surface area (Å²) in [7, 11) is -3.20. The second-order valence-corrected chi connectivity index (χ2v) is 6.87. The minimum atomic E-state index is -3.20. The summed E-state index contributed by atoms with van der Waals surface area (Å²) in [5.41, 5.74) is 0.488. The quantitative estimate of drug-likeness (QED) is 0.868. The molecule has 112 valence electrons. The predicted octanol–water partition coefficient (Wildman–Crippen LogP) is 0.994. The molecule has 0 aliphatic carbocycles. The van der Waals surface area contributed by atoms with Gasteiger partial charge in [-0.05, 0) is 37.2 Å². The smallest absolute Gasteiger partial charge is 0.251 e. The molecular formula is C13H19ClN2O3S. The van der Waals surface area contributed by atoms with Crippen LogP contribution in [0.25, 0.3) is 0 Å². The van der Waals surface area contributed by atoms with Gasteiger partial charge in [0.05, 0.1) is 10.6 Å². The summed E-state index contributed by atoms with van der Waals surface area (Å²) < 4.78 is 23.3. The van der Waals surface area contributed by atoms with E-state index < -0.39 is 9.84 Å². The van der Waals surface area contributed by atoms with E-state index in [4.69, 9.17) is 0 Å². The molecule has 2 rings (SSSR count). The monoisotopic (exact) mass is 318 g/mol. The van der Waals surface area contributed by atoms with Crippen LogP contribution in [-0.4, -0.2) is 39.2 Å². The standard InChI is InChI=1S/C13H18N2O3S.ClH/c1-2-19(17,18)12-5-3-10(4-6-12)13(16)15-11-7-8-14-9-11;/h3-6,11,14H,2,7-9H2,1H3,(H,15,16);1H. The number of carbonyl (C=O) groups excluding carboxylic acids is 1. The van der Waals surface area contributed by atoms with Crippen molar-refractivity contribution in [1.82, 2.24) is 10.6 Å². The molecule has 1 aliphatic heterocycles. The van der Waals surface area contributed by atoms with Gasteiger partial charge >= 0.3 is 0 Å². The topological polar surface area (TPSA) is 75.3 Å². The van der Waals surface area contributed by atoms with E-state index >= 15 is 0 Å². The Labute approximate surface area is 125 Å². The molecule has 0 bridgehead atoms. The van der Waals surface area contributed by atoms with Crippen molar-refractivity contribution >= 4 is 28.2 Å². The van der Waals surface area contributed by atoms with Crippen molar-refractivity contribution in [3.63, 3.8) is 0 Å². The van der Waals surface area contributed by atoms with Crippen LogP contribution in [0.4, 0.5) is 0 Å². The van der Waals surface area contributed by atoms with Crippen LogP contribution >= 0.6 is 12.4 Å². The molecule has 1 aliphatic rings. The Morgan fingerprint density at radius 1 is 1.35 bits per heavy atom. The first-order valence-electron chi connectivity index (χ1n) is 6.37. The molecule has 1 saturated heterocycles. The molecule has 5 nitrogen and oxygen atoms in total. The molecule has 1 fully saturated rings. The minimum Gasteiger partial charge on any atom is -0.348 e. The van der Waals surface area contributed by atoms with E-state index in [1.165, 1.54) is 12.1 Å². The third-order valence-electron chi connectivity index (χ3n) is 3.25. The molecule has 0 aromatic heterocycles. The van der Waals surface area contributed by atoms with E-state index in [2.05, 4.69) is 10.6 Å². The second-order valence-electron chi connectivity index (χ2n) is 4.59. The van der Waals surface area contributed by atoms with Crippen LogP contribution in [0.5, 0.6) is 0 Å². The Bertz CT molecular complexity index is 551. The lowest BCUT2D eigenvalue weighted by atomic mass is 10.2. The van der Waals surface area contributed by atoms with Gasteiger partial charge in [0.1, 0.15) is 0 Å². The maximum atomic E-state index is 11.9. The largest absolute Gasteiger partial charge is 0.348 e. The first kappa shape index (κ1) is 16.9. The third-order valence-corrected chi connectivity index (χ3v) is 5.00. The summed E-state index contributed by atoms with van der Waals surface area (Å²) in [6, 6.07) is 6.24. The highest BCUT2D eigenvalue weighted by atomic mass is 35.5. The van der Waals surface area contributed by atoms with Crippen molar-refractivity contribution in [2.75, 3.05) is 18.8 Å². The van der Waals surface area contributed by atoms with Crippen LogP contribution in [0.1, 0.15) is 23.7 Å². The predicted molar refractivity (Wildman–Crippen MR) is 80.2 cm³/mol. The van der Waals surface area contributed by atoms with E-state index in [1.54, 1.807) is 19.1 Å². The average molecular weight is 319 g/mol. The van der Waals surface area contributed by atoms with Gasteiger partial charge in [0.15, 0.2) is 9.84 Å². The van der Waals surface area contributed by atoms with Gasteiger partial charge in [-0.1, -0.05) is 6.92 Å². The summed E-state index contributed by atoms with van der Waals surface area (Å²) in [5.74, 6) is -0.0964. The van der Waals surface area contributed by atoms with Gasteiger partial charge < -0.3 is 10.6 Å². The zero-order valence-electron chi connectivity index (χ0n) is 11.3. The number of amides is 1. The third kappa shape index (κ3) is 3.94. The van der Waals surface area contributed by atoms with Gasteiger partial charge in [-0.25, -0.2) is 8.42 Å². The van der Waals surface area contributed by atoms with Gasteiger partial charge in [-0.15, -0.1) is 12.4 Å². The van der Waals surface area contributed by atoms with Crippen molar-refractivity contribution < 1.29 is 13.2 Å². The Balaban J connectivity index is 0.00000200. The zero-order chi connectivity index (χ0) is 13.9. The molecule has 7 heteroatoms. The molecule has 1 amide bonds. The number of hydrogen-bond acceptors (Lipinski definition) is 4. The molecule has 0 spiro atoms. The van der Waals surface area contributed by atoms with Crippen molar-refractivity contribution in [3.8, 4) is 0 Å². The first-order valence-corrected chi connectivity index (χ1v) is 8.02. The minimum absolute atomic E-state index is 0. The number of carbonyl (C=O) groups is 1. The molecule has 1 aromatic carbocycles. The fourth-order valence-electron chi connectivity index (χ4n) is 2.03. The molecular weight excluding hydrogens is 300 g/mol. The number of benzene rings is 1. The second kappa shape index (κ2) is 7.06. The lowest BCUT2D eigenvalue weighted by Gasteiger charge is -2.11. The normalized spacial score (nSPS) is 18.4.